The molecule has 0 spiro atoms. The third-order valence-corrected chi connectivity index (χ3v) is 4.61. The fourth-order valence-corrected chi connectivity index (χ4v) is 3.23. The summed E-state index contributed by atoms with van der Waals surface area (Å²) in [4.78, 5) is 2.26. The molecule has 0 unspecified atom stereocenters. The minimum atomic E-state index is -3.71. The number of benzene rings is 2. The molecule has 0 aliphatic heterocycles. The molecule has 2 aromatic rings. The van der Waals surface area contributed by atoms with Gasteiger partial charge in [0.25, 0.3) is 10.0 Å². The van der Waals surface area contributed by atoms with Crippen molar-refractivity contribution in [3.63, 3.8) is 0 Å². The van der Waals surface area contributed by atoms with Gasteiger partial charge in [-0.15, -0.1) is 0 Å². The van der Waals surface area contributed by atoms with Crippen LogP contribution in [-0.2, 0) is 10.0 Å². The Bertz CT molecular complexity index is 815. The van der Waals surface area contributed by atoms with E-state index in [0.29, 0.717) is 21.4 Å². The Hall–Kier alpha value is -1.76. The quantitative estimate of drug-likeness (QED) is 0.600. The second kappa shape index (κ2) is 7.88. The van der Waals surface area contributed by atoms with Crippen LogP contribution in [0.2, 0.25) is 10.0 Å². The first kappa shape index (κ1) is 18.6. The molecule has 8 heteroatoms. The first-order valence-corrected chi connectivity index (χ1v) is 9.29. The van der Waals surface area contributed by atoms with E-state index < -0.39 is 10.0 Å². The lowest BCUT2D eigenvalue weighted by Crippen LogP contribution is -2.18. The van der Waals surface area contributed by atoms with Crippen LogP contribution in [0.5, 0.6) is 5.75 Å². The summed E-state index contributed by atoms with van der Waals surface area (Å²) in [7, 11) is -3.71. The molecule has 2 rings (SSSR count). The summed E-state index contributed by atoms with van der Waals surface area (Å²) in [6.45, 7) is 3.72. The van der Waals surface area contributed by atoms with Crippen molar-refractivity contribution in [2.45, 2.75) is 24.8 Å². The monoisotopic (exact) mass is 386 g/mol. The molecule has 2 aromatic carbocycles. The maximum Gasteiger partial charge on any atom is 0.276 e. The van der Waals surface area contributed by atoms with Crippen LogP contribution in [0.25, 0.3) is 0 Å². The van der Waals surface area contributed by atoms with E-state index in [9.17, 15) is 8.42 Å². The van der Waals surface area contributed by atoms with E-state index in [1.54, 1.807) is 30.3 Å². The van der Waals surface area contributed by atoms with Crippen molar-refractivity contribution in [2.75, 3.05) is 0 Å². The number of rotatable bonds is 6. The summed E-state index contributed by atoms with van der Waals surface area (Å²) >= 11 is 12.3. The summed E-state index contributed by atoms with van der Waals surface area (Å²) in [5.74, 6) is 0.385. The molecule has 0 atom stereocenters. The second-order valence-electron chi connectivity index (χ2n) is 5.15. The van der Waals surface area contributed by atoms with Crippen LogP contribution in [-0.4, -0.2) is 20.7 Å². The van der Waals surface area contributed by atoms with E-state index in [0.717, 1.165) is 0 Å². The zero-order valence-corrected chi connectivity index (χ0v) is 15.4. The number of nitrogens with zero attached hydrogens (tertiary/aromatic N) is 1. The maximum atomic E-state index is 12.0. The Kier molecular flexibility index (Phi) is 6.10. The topological polar surface area (TPSA) is 67.8 Å². The Labute approximate surface area is 151 Å². The molecule has 0 amide bonds. The van der Waals surface area contributed by atoms with Crippen molar-refractivity contribution in [1.29, 1.82) is 0 Å². The minimum Gasteiger partial charge on any atom is -0.488 e. The first-order chi connectivity index (χ1) is 11.3. The van der Waals surface area contributed by atoms with Crippen LogP contribution in [0.15, 0.2) is 52.5 Å². The molecular formula is C16H16Cl2N2O3S. The Morgan fingerprint density at radius 2 is 1.71 bits per heavy atom. The van der Waals surface area contributed by atoms with Crippen molar-refractivity contribution in [2.24, 2.45) is 5.10 Å². The number of sulfonamides is 1. The average molecular weight is 387 g/mol. The standard InChI is InChI=1S/C16H16Cl2N2O3S/c1-11(2)23-16-14(17)8-12(9-15(16)18)10-19-20-24(21,22)13-6-4-3-5-7-13/h3-11,20H,1-2H3/b19-10+. The summed E-state index contributed by atoms with van der Waals surface area (Å²) in [6.07, 6.45) is 1.24. The van der Waals surface area contributed by atoms with Crippen LogP contribution >= 0.6 is 23.2 Å². The molecule has 0 bridgehead atoms. The molecule has 0 heterocycles. The van der Waals surface area contributed by atoms with Crippen molar-refractivity contribution in [3.05, 3.63) is 58.1 Å². The van der Waals surface area contributed by atoms with Crippen molar-refractivity contribution >= 4 is 39.4 Å². The average Bonchev–Trinajstić information content (AvgIpc) is 2.51. The first-order valence-electron chi connectivity index (χ1n) is 7.05. The summed E-state index contributed by atoms with van der Waals surface area (Å²) in [5.41, 5.74) is 0.539. The van der Waals surface area contributed by atoms with Gasteiger partial charge in [-0.1, -0.05) is 41.4 Å². The number of hydrazone groups is 1. The lowest BCUT2D eigenvalue weighted by Gasteiger charge is -2.13. The van der Waals surface area contributed by atoms with E-state index in [-0.39, 0.29) is 11.0 Å². The van der Waals surface area contributed by atoms with E-state index in [4.69, 9.17) is 27.9 Å². The summed E-state index contributed by atoms with van der Waals surface area (Å²) in [5, 5.41) is 4.39. The van der Waals surface area contributed by atoms with Crippen LogP contribution in [0.4, 0.5) is 0 Å². The summed E-state index contributed by atoms with van der Waals surface area (Å²) < 4.78 is 29.6. The van der Waals surface area contributed by atoms with Gasteiger partial charge < -0.3 is 4.74 Å². The predicted molar refractivity (Wildman–Crippen MR) is 96.6 cm³/mol. The number of ether oxygens (including phenoxy) is 1. The van der Waals surface area contributed by atoms with E-state index >= 15 is 0 Å². The molecule has 128 valence electrons. The smallest absolute Gasteiger partial charge is 0.276 e. The molecule has 0 aliphatic rings. The van der Waals surface area contributed by atoms with Gasteiger partial charge in [0.2, 0.25) is 0 Å². The number of hydrogen-bond donors (Lipinski definition) is 1. The highest BCUT2D eigenvalue weighted by Crippen LogP contribution is 2.34. The normalized spacial score (nSPS) is 11.9. The summed E-state index contributed by atoms with van der Waals surface area (Å²) in [6, 6.07) is 11.1. The minimum absolute atomic E-state index is 0.0720. The zero-order valence-electron chi connectivity index (χ0n) is 13.0. The fourth-order valence-electron chi connectivity index (χ4n) is 1.82. The third kappa shape index (κ3) is 4.87. The Balaban J connectivity index is 2.15. The molecule has 24 heavy (non-hydrogen) atoms. The van der Waals surface area contributed by atoms with Crippen LogP contribution in [0, 0.1) is 0 Å². The fraction of sp³-hybridized carbons (Fsp3) is 0.188. The lowest BCUT2D eigenvalue weighted by molar-refractivity contribution is 0.243. The molecule has 0 radical (unpaired) electrons. The van der Waals surface area contributed by atoms with Gasteiger partial charge in [-0.05, 0) is 43.7 Å². The maximum absolute atomic E-state index is 12.0. The predicted octanol–water partition coefficient (Wildman–Crippen LogP) is 4.09. The van der Waals surface area contributed by atoms with Crippen molar-refractivity contribution in [1.82, 2.24) is 4.83 Å². The van der Waals surface area contributed by atoms with Gasteiger partial charge in [0.1, 0.15) is 0 Å². The Morgan fingerprint density at radius 1 is 1.12 bits per heavy atom. The number of nitrogens with one attached hydrogen (secondary N) is 1. The van der Waals surface area contributed by atoms with Gasteiger partial charge in [-0.3, -0.25) is 0 Å². The van der Waals surface area contributed by atoms with Gasteiger partial charge in [0, 0.05) is 0 Å². The molecular weight excluding hydrogens is 371 g/mol. The molecule has 1 N–H and O–H groups in total. The van der Waals surface area contributed by atoms with Crippen LogP contribution in [0.3, 0.4) is 0 Å². The number of hydrogen-bond acceptors (Lipinski definition) is 4. The highest BCUT2D eigenvalue weighted by Gasteiger charge is 2.12. The molecule has 0 aromatic heterocycles. The van der Waals surface area contributed by atoms with Gasteiger partial charge in [0.05, 0.1) is 27.3 Å². The molecule has 5 nitrogen and oxygen atoms in total. The van der Waals surface area contributed by atoms with Crippen LogP contribution < -0.4 is 9.57 Å². The van der Waals surface area contributed by atoms with Gasteiger partial charge in [-0.25, -0.2) is 4.83 Å². The molecule has 0 aliphatic carbocycles. The molecule has 0 saturated heterocycles. The van der Waals surface area contributed by atoms with Gasteiger partial charge in [-0.2, -0.15) is 13.5 Å². The molecule has 0 fully saturated rings. The largest absolute Gasteiger partial charge is 0.488 e. The second-order valence-corrected chi connectivity index (χ2v) is 7.62. The van der Waals surface area contributed by atoms with Crippen LogP contribution in [0.1, 0.15) is 19.4 Å². The van der Waals surface area contributed by atoms with Gasteiger partial charge >= 0.3 is 0 Å². The zero-order chi connectivity index (χ0) is 17.7. The molecule has 0 saturated carbocycles. The lowest BCUT2D eigenvalue weighted by atomic mass is 10.2. The highest BCUT2D eigenvalue weighted by atomic mass is 35.5. The number of halogens is 2. The van der Waals surface area contributed by atoms with E-state index in [1.165, 1.54) is 18.3 Å². The third-order valence-electron chi connectivity index (χ3n) is 2.81. The van der Waals surface area contributed by atoms with Crippen molar-refractivity contribution in [3.8, 4) is 5.75 Å². The van der Waals surface area contributed by atoms with E-state index in [1.807, 2.05) is 13.8 Å². The highest BCUT2D eigenvalue weighted by molar-refractivity contribution is 7.89. The Morgan fingerprint density at radius 3 is 2.25 bits per heavy atom. The SMILES string of the molecule is CC(C)Oc1c(Cl)cc(/C=N/NS(=O)(=O)c2ccccc2)cc1Cl. The van der Waals surface area contributed by atoms with E-state index in [2.05, 4.69) is 9.93 Å². The van der Waals surface area contributed by atoms with Crippen molar-refractivity contribution < 1.29 is 13.2 Å². The van der Waals surface area contributed by atoms with Gasteiger partial charge in [0.15, 0.2) is 5.75 Å².